The summed E-state index contributed by atoms with van der Waals surface area (Å²) in [5.41, 5.74) is 2.77. The monoisotopic (exact) mass is 426 g/mol. The minimum atomic E-state index is -0.467. The molecule has 0 aliphatic heterocycles. The van der Waals surface area contributed by atoms with Crippen molar-refractivity contribution in [3.05, 3.63) is 79.7 Å². The first-order valence-corrected chi connectivity index (χ1v) is 9.08. The number of nitro groups is 1. The smallest absolute Gasteiger partial charge is 0.270 e. The van der Waals surface area contributed by atoms with Crippen LogP contribution in [0.3, 0.4) is 0 Å². The molecule has 8 heteroatoms. The molecule has 6 nitrogen and oxygen atoms in total. The normalized spacial score (nSPS) is 11.0. The standard InChI is InChI=1S/C18H11BrN4O2S/c19-15-8-14(23(24)25)6-7-16(15)21-10-13(9-20)18-22-17(11-26-18)12-4-2-1-3-5-12/h1-8,10-11,21H. The zero-order chi connectivity index (χ0) is 18.5. The Morgan fingerprint density at radius 1 is 1.31 bits per heavy atom. The van der Waals surface area contributed by atoms with Gasteiger partial charge in [0.2, 0.25) is 0 Å². The van der Waals surface area contributed by atoms with E-state index in [1.807, 2.05) is 35.7 Å². The van der Waals surface area contributed by atoms with Crippen molar-refractivity contribution in [3.8, 4) is 17.3 Å². The fourth-order valence-electron chi connectivity index (χ4n) is 2.17. The maximum atomic E-state index is 10.8. The lowest BCUT2D eigenvalue weighted by molar-refractivity contribution is -0.384. The molecular formula is C18H11BrN4O2S. The number of allylic oxidation sites excluding steroid dienone is 1. The molecule has 3 rings (SSSR count). The molecule has 2 aromatic carbocycles. The third-order valence-corrected chi connectivity index (χ3v) is 4.99. The summed E-state index contributed by atoms with van der Waals surface area (Å²) in [6.45, 7) is 0. The van der Waals surface area contributed by atoms with E-state index in [0.717, 1.165) is 11.3 Å². The quantitative estimate of drug-likeness (QED) is 0.332. The van der Waals surface area contributed by atoms with Gasteiger partial charge in [-0.05, 0) is 22.0 Å². The van der Waals surface area contributed by atoms with Gasteiger partial charge in [-0.1, -0.05) is 30.3 Å². The number of thiazole rings is 1. The van der Waals surface area contributed by atoms with Crippen LogP contribution < -0.4 is 5.32 Å². The molecule has 0 amide bonds. The molecule has 1 aromatic heterocycles. The first-order valence-electron chi connectivity index (χ1n) is 7.40. The SMILES string of the molecule is N#CC(=CNc1ccc([N+](=O)[O-])cc1Br)c1nc(-c2ccccc2)cs1. The molecule has 0 aliphatic rings. The van der Waals surface area contributed by atoms with Gasteiger partial charge in [0.05, 0.1) is 16.3 Å². The van der Waals surface area contributed by atoms with Gasteiger partial charge in [-0.25, -0.2) is 4.98 Å². The van der Waals surface area contributed by atoms with Crippen molar-refractivity contribution >= 4 is 44.2 Å². The van der Waals surface area contributed by atoms with E-state index in [1.54, 1.807) is 12.3 Å². The molecule has 0 aliphatic carbocycles. The van der Waals surface area contributed by atoms with Gasteiger partial charge in [-0.2, -0.15) is 5.26 Å². The summed E-state index contributed by atoms with van der Waals surface area (Å²) in [7, 11) is 0. The van der Waals surface area contributed by atoms with Gasteiger partial charge >= 0.3 is 0 Å². The van der Waals surface area contributed by atoms with Gasteiger partial charge in [0, 0.05) is 33.7 Å². The number of benzene rings is 2. The Labute approximate surface area is 161 Å². The highest BCUT2D eigenvalue weighted by molar-refractivity contribution is 9.10. The second-order valence-electron chi connectivity index (χ2n) is 5.14. The maximum absolute atomic E-state index is 10.8. The van der Waals surface area contributed by atoms with E-state index in [2.05, 4.69) is 32.3 Å². The van der Waals surface area contributed by atoms with E-state index in [1.165, 1.54) is 23.5 Å². The third-order valence-electron chi connectivity index (χ3n) is 3.46. The number of rotatable bonds is 5. The van der Waals surface area contributed by atoms with Crippen molar-refractivity contribution in [1.82, 2.24) is 4.98 Å². The number of aromatic nitrogens is 1. The van der Waals surface area contributed by atoms with Crippen LogP contribution in [0.1, 0.15) is 5.01 Å². The number of halogens is 1. The topological polar surface area (TPSA) is 91.8 Å². The number of nitrogens with one attached hydrogen (secondary N) is 1. The van der Waals surface area contributed by atoms with E-state index >= 15 is 0 Å². The van der Waals surface area contributed by atoms with Crippen molar-refractivity contribution in [2.45, 2.75) is 0 Å². The van der Waals surface area contributed by atoms with E-state index in [4.69, 9.17) is 0 Å². The molecular weight excluding hydrogens is 416 g/mol. The molecule has 0 spiro atoms. The molecule has 0 radical (unpaired) electrons. The molecule has 26 heavy (non-hydrogen) atoms. The Bertz CT molecular complexity index is 1030. The predicted octanol–water partition coefficient (Wildman–Crippen LogP) is 5.46. The maximum Gasteiger partial charge on any atom is 0.270 e. The third kappa shape index (κ3) is 3.96. The zero-order valence-corrected chi connectivity index (χ0v) is 15.6. The van der Waals surface area contributed by atoms with Crippen molar-refractivity contribution < 1.29 is 4.92 Å². The van der Waals surface area contributed by atoms with E-state index < -0.39 is 4.92 Å². The van der Waals surface area contributed by atoms with Gasteiger partial charge < -0.3 is 5.32 Å². The molecule has 1 N–H and O–H groups in total. The van der Waals surface area contributed by atoms with Gasteiger partial charge in [0.25, 0.3) is 5.69 Å². The van der Waals surface area contributed by atoms with Crippen molar-refractivity contribution in [2.24, 2.45) is 0 Å². The first-order chi connectivity index (χ1) is 12.6. The number of nitrogens with zero attached hydrogens (tertiary/aromatic N) is 3. The number of hydrogen-bond donors (Lipinski definition) is 1. The van der Waals surface area contributed by atoms with Gasteiger partial charge in [0.15, 0.2) is 0 Å². The van der Waals surface area contributed by atoms with E-state index in [9.17, 15) is 15.4 Å². The Hall–Kier alpha value is -3.02. The van der Waals surface area contributed by atoms with Crippen molar-refractivity contribution in [2.75, 3.05) is 5.32 Å². The number of anilines is 1. The number of non-ortho nitro benzene ring substituents is 1. The van der Waals surface area contributed by atoms with Gasteiger partial charge in [-0.3, -0.25) is 10.1 Å². The Morgan fingerprint density at radius 3 is 2.73 bits per heavy atom. The van der Waals surface area contributed by atoms with Crippen LogP contribution in [0.15, 0.2) is 64.6 Å². The summed E-state index contributed by atoms with van der Waals surface area (Å²) in [6.07, 6.45) is 1.54. The lowest BCUT2D eigenvalue weighted by Crippen LogP contribution is -1.94. The second-order valence-corrected chi connectivity index (χ2v) is 6.85. The summed E-state index contributed by atoms with van der Waals surface area (Å²) in [6, 6.07) is 16.2. The van der Waals surface area contributed by atoms with Crippen LogP contribution in [-0.2, 0) is 0 Å². The van der Waals surface area contributed by atoms with E-state index in [0.29, 0.717) is 20.7 Å². The minimum Gasteiger partial charge on any atom is -0.359 e. The summed E-state index contributed by atoms with van der Waals surface area (Å²) < 4.78 is 0.532. The summed E-state index contributed by atoms with van der Waals surface area (Å²) in [5, 5.41) is 25.7. The average molecular weight is 427 g/mol. The van der Waals surface area contributed by atoms with Crippen molar-refractivity contribution in [1.29, 1.82) is 5.26 Å². The van der Waals surface area contributed by atoms with Crippen LogP contribution >= 0.6 is 27.3 Å². The number of nitro benzene ring substituents is 1. The molecule has 0 bridgehead atoms. The fraction of sp³-hybridized carbons (Fsp3) is 0. The Morgan fingerprint density at radius 2 is 2.08 bits per heavy atom. The average Bonchev–Trinajstić information content (AvgIpc) is 3.14. The molecule has 128 valence electrons. The van der Waals surface area contributed by atoms with Crippen LogP contribution in [0.2, 0.25) is 0 Å². The van der Waals surface area contributed by atoms with Crippen LogP contribution in [0, 0.1) is 21.4 Å². The van der Waals surface area contributed by atoms with Gasteiger partial charge in [-0.15, -0.1) is 11.3 Å². The van der Waals surface area contributed by atoms with Crippen LogP contribution in [-0.4, -0.2) is 9.91 Å². The zero-order valence-electron chi connectivity index (χ0n) is 13.2. The highest BCUT2D eigenvalue weighted by Crippen LogP contribution is 2.29. The van der Waals surface area contributed by atoms with Crippen molar-refractivity contribution in [3.63, 3.8) is 0 Å². The molecule has 0 saturated heterocycles. The first kappa shape index (κ1) is 17.8. The summed E-state index contributed by atoms with van der Waals surface area (Å²) >= 11 is 4.67. The lowest BCUT2D eigenvalue weighted by atomic mass is 10.2. The predicted molar refractivity (Wildman–Crippen MR) is 106 cm³/mol. The van der Waals surface area contributed by atoms with Crippen LogP contribution in [0.25, 0.3) is 16.8 Å². The fourth-order valence-corrected chi connectivity index (χ4v) is 3.44. The molecule has 0 fully saturated rings. The lowest BCUT2D eigenvalue weighted by Gasteiger charge is -2.04. The highest BCUT2D eigenvalue weighted by Gasteiger charge is 2.11. The highest BCUT2D eigenvalue weighted by atomic mass is 79.9. The molecule has 0 saturated carbocycles. The van der Waals surface area contributed by atoms with Crippen LogP contribution in [0.5, 0.6) is 0 Å². The Kier molecular flexibility index (Phi) is 5.41. The summed E-state index contributed by atoms with van der Waals surface area (Å²) in [4.78, 5) is 14.8. The number of nitriles is 1. The largest absolute Gasteiger partial charge is 0.359 e. The molecule has 1 heterocycles. The molecule has 3 aromatic rings. The second kappa shape index (κ2) is 7.91. The van der Waals surface area contributed by atoms with E-state index in [-0.39, 0.29) is 5.69 Å². The van der Waals surface area contributed by atoms with Gasteiger partial charge in [0.1, 0.15) is 16.6 Å². The minimum absolute atomic E-state index is 0.0145. The Balaban J connectivity index is 1.83. The molecule has 0 unspecified atom stereocenters. The van der Waals surface area contributed by atoms with Crippen LogP contribution in [0.4, 0.5) is 11.4 Å². The molecule has 0 atom stereocenters. The summed E-state index contributed by atoms with van der Waals surface area (Å²) in [5.74, 6) is 0. The number of hydrogen-bond acceptors (Lipinski definition) is 6.